The largest absolute Gasteiger partial charge is 0.472 e. The van der Waals surface area contributed by atoms with E-state index < -0.39 is 45.8 Å². The average molecular weight is 751 g/mol. The zero-order valence-electron chi connectivity index (χ0n) is 32.2. The number of aliphatic hydroxyl groups is 2. The smallest absolute Gasteiger partial charge is 0.457 e. The van der Waals surface area contributed by atoms with Crippen LogP contribution in [0.1, 0.15) is 129 Å². The van der Waals surface area contributed by atoms with Crippen LogP contribution < -0.4 is 0 Å². The first-order valence-electron chi connectivity index (χ1n) is 19.6. The Morgan fingerprint density at radius 2 is 1.10 bits per heavy atom. The van der Waals surface area contributed by atoms with Crippen molar-refractivity contribution in [3.05, 3.63) is 85.1 Å². The highest BCUT2D eigenvalue weighted by molar-refractivity contribution is 7.47. The van der Waals surface area contributed by atoms with E-state index in [4.69, 9.17) is 23.6 Å². The van der Waals surface area contributed by atoms with E-state index in [0.717, 1.165) is 77.0 Å². The lowest BCUT2D eigenvalue weighted by Crippen LogP contribution is -2.29. The monoisotopic (exact) mass is 750 g/mol. The summed E-state index contributed by atoms with van der Waals surface area (Å²) >= 11 is 0. The number of phosphoric acid groups is 1. The first-order chi connectivity index (χ1) is 25.3. The summed E-state index contributed by atoms with van der Waals surface area (Å²) in [5.41, 5.74) is 0. The third-order valence-corrected chi connectivity index (χ3v) is 8.50. The molecular weight excluding hydrogens is 679 g/mol. The molecule has 0 aromatic carbocycles. The molecule has 3 N–H and O–H groups in total. The van der Waals surface area contributed by atoms with Gasteiger partial charge in [-0.05, 0) is 77.0 Å². The highest BCUT2D eigenvalue weighted by Crippen LogP contribution is 2.43. The van der Waals surface area contributed by atoms with Gasteiger partial charge >= 0.3 is 13.8 Å². The number of hydrogen-bond donors (Lipinski definition) is 3. The van der Waals surface area contributed by atoms with Gasteiger partial charge in [-0.15, -0.1) is 0 Å². The van der Waals surface area contributed by atoms with Crippen molar-refractivity contribution < 1.29 is 43.0 Å². The lowest BCUT2D eigenvalue weighted by atomic mass is 10.1. The van der Waals surface area contributed by atoms with E-state index in [1.54, 1.807) is 0 Å². The second-order valence-electron chi connectivity index (χ2n) is 12.6. The third-order valence-electron chi connectivity index (χ3n) is 7.55. The van der Waals surface area contributed by atoms with Crippen molar-refractivity contribution in [2.45, 2.75) is 142 Å². The molecule has 0 rings (SSSR count). The molecule has 52 heavy (non-hydrogen) atoms. The van der Waals surface area contributed by atoms with E-state index in [2.05, 4.69) is 92.8 Å². The summed E-state index contributed by atoms with van der Waals surface area (Å²) in [7, 11) is -4.54. The van der Waals surface area contributed by atoms with Gasteiger partial charge in [0.2, 0.25) is 0 Å². The van der Waals surface area contributed by atoms with Crippen LogP contribution >= 0.6 is 7.82 Å². The van der Waals surface area contributed by atoms with Crippen LogP contribution in [0.2, 0.25) is 0 Å². The molecule has 0 saturated heterocycles. The molecule has 0 amide bonds. The van der Waals surface area contributed by atoms with Gasteiger partial charge in [0.1, 0.15) is 12.2 Å². The van der Waals surface area contributed by atoms with Crippen molar-refractivity contribution in [3.8, 4) is 0 Å². The molecule has 298 valence electrons. The summed E-state index contributed by atoms with van der Waals surface area (Å²) in [5, 5.41) is 18.3. The molecule has 9 nitrogen and oxygen atoms in total. The standard InChI is InChI=1S/C42H71O9P/c1-3-5-7-9-11-13-15-17-19-20-21-22-24-26-28-30-32-34-42(45)51-41(39-50-52(46,47)49-37-40(44)36-43)38-48-35-33-31-29-27-25-23-18-16-14-12-10-8-6-4-2/h5,7-8,10-11,13-14,16-17,19,21-22,26,28,40-41,43-44H,3-4,6,9,12,15,18,20,23-25,27,29-39H2,1-2H3,(H,46,47)/b7-5-,10-8-,13-11-,16-14-,19-17-,22-21-,28-26-. The maximum atomic E-state index is 12.6. The topological polar surface area (TPSA) is 132 Å². The van der Waals surface area contributed by atoms with Crippen LogP contribution in [0.4, 0.5) is 0 Å². The molecule has 0 aliphatic carbocycles. The van der Waals surface area contributed by atoms with Crippen LogP contribution in [0.3, 0.4) is 0 Å². The Labute approximate surface area is 315 Å². The van der Waals surface area contributed by atoms with Gasteiger partial charge in [-0.2, -0.15) is 0 Å². The number of carbonyl (C=O) groups is 1. The van der Waals surface area contributed by atoms with Crippen LogP contribution in [0.5, 0.6) is 0 Å². The number of carbonyl (C=O) groups excluding carboxylic acids is 1. The van der Waals surface area contributed by atoms with Crippen LogP contribution in [-0.2, 0) is 27.9 Å². The van der Waals surface area contributed by atoms with Crippen molar-refractivity contribution in [2.24, 2.45) is 0 Å². The van der Waals surface area contributed by atoms with Gasteiger partial charge in [-0.1, -0.05) is 131 Å². The summed E-state index contributed by atoms with van der Waals surface area (Å²) < 4.78 is 33.2. The first-order valence-corrected chi connectivity index (χ1v) is 21.1. The van der Waals surface area contributed by atoms with Crippen LogP contribution in [-0.4, -0.2) is 66.3 Å². The second-order valence-corrected chi connectivity index (χ2v) is 14.0. The number of phosphoric ester groups is 1. The Kier molecular flexibility index (Phi) is 36.6. The van der Waals surface area contributed by atoms with Crippen molar-refractivity contribution >= 4 is 13.8 Å². The maximum Gasteiger partial charge on any atom is 0.472 e. The van der Waals surface area contributed by atoms with Crippen molar-refractivity contribution in [2.75, 3.05) is 33.0 Å². The molecule has 3 unspecified atom stereocenters. The molecule has 0 heterocycles. The quantitative estimate of drug-likeness (QED) is 0.0248. The van der Waals surface area contributed by atoms with E-state index in [0.29, 0.717) is 13.0 Å². The third kappa shape index (κ3) is 37.4. The summed E-state index contributed by atoms with van der Waals surface area (Å²) in [5.74, 6) is -0.447. The fraction of sp³-hybridized carbons (Fsp3) is 0.643. The zero-order valence-corrected chi connectivity index (χ0v) is 33.1. The molecule has 0 aromatic rings. The number of hydrogen-bond acceptors (Lipinski definition) is 8. The second kappa shape index (κ2) is 38.4. The Hall–Kier alpha value is -2.36. The summed E-state index contributed by atoms with van der Waals surface area (Å²) in [6.45, 7) is 3.20. The fourth-order valence-corrected chi connectivity index (χ4v) is 5.39. The van der Waals surface area contributed by atoms with Crippen LogP contribution in [0, 0.1) is 0 Å². The van der Waals surface area contributed by atoms with Crippen LogP contribution in [0.15, 0.2) is 85.1 Å². The van der Waals surface area contributed by atoms with E-state index >= 15 is 0 Å². The lowest BCUT2D eigenvalue weighted by molar-refractivity contribution is -0.154. The normalized spacial score (nSPS) is 15.1. The van der Waals surface area contributed by atoms with E-state index in [-0.39, 0.29) is 13.0 Å². The number of esters is 1. The van der Waals surface area contributed by atoms with Crippen molar-refractivity contribution in [1.82, 2.24) is 0 Å². The highest BCUT2D eigenvalue weighted by Gasteiger charge is 2.26. The van der Waals surface area contributed by atoms with Gasteiger partial charge in [-0.25, -0.2) is 4.57 Å². The van der Waals surface area contributed by atoms with E-state index in [9.17, 15) is 19.4 Å². The predicted octanol–water partition coefficient (Wildman–Crippen LogP) is 10.4. The molecule has 0 saturated carbocycles. The Morgan fingerprint density at radius 1 is 0.615 bits per heavy atom. The van der Waals surface area contributed by atoms with Gasteiger partial charge in [-0.3, -0.25) is 13.8 Å². The number of allylic oxidation sites excluding steroid dienone is 14. The molecule has 10 heteroatoms. The maximum absolute atomic E-state index is 12.6. The molecule has 0 bridgehead atoms. The van der Waals surface area contributed by atoms with Crippen LogP contribution in [0.25, 0.3) is 0 Å². The number of rotatable bonds is 36. The Bertz CT molecular complexity index is 1080. The predicted molar refractivity (Wildman–Crippen MR) is 214 cm³/mol. The molecule has 0 radical (unpaired) electrons. The molecular formula is C42H71O9P. The molecule has 3 atom stereocenters. The average Bonchev–Trinajstić information content (AvgIpc) is 3.13. The van der Waals surface area contributed by atoms with Crippen molar-refractivity contribution in [1.29, 1.82) is 0 Å². The summed E-state index contributed by atoms with van der Waals surface area (Å²) in [4.78, 5) is 22.5. The SMILES string of the molecule is CC/C=C\C/C=C\C/C=C\C/C=C\C/C=C\CCCC(=O)OC(COCCCCCCCC/C=C\C/C=C\CCC)COP(=O)(O)OCC(O)CO. The van der Waals surface area contributed by atoms with Crippen molar-refractivity contribution in [3.63, 3.8) is 0 Å². The van der Waals surface area contributed by atoms with Gasteiger partial charge in [0.25, 0.3) is 0 Å². The number of ether oxygens (including phenoxy) is 2. The Balaban J connectivity index is 4.37. The lowest BCUT2D eigenvalue weighted by Gasteiger charge is -2.20. The molecule has 0 aliphatic rings. The molecule has 0 aliphatic heterocycles. The highest BCUT2D eigenvalue weighted by atomic mass is 31.2. The van der Waals surface area contributed by atoms with E-state index in [1.165, 1.54) is 25.7 Å². The molecule has 0 fully saturated rings. The number of unbranched alkanes of at least 4 members (excludes halogenated alkanes) is 8. The van der Waals surface area contributed by atoms with Gasteiger partial charge < -0.3 is 24.6 Å². The fourth-order valence-electron chi connectivity index (χ4n) is 4.60. The van der Waals surface area contributed by atoms with Gasteiger partial charge in [0.05, 0.1) is 26.4 Å². The summed E-state index contributed by atoms with van der Waals surface area (Å²) in [6.07, 6.45) is 45.5. The van der Waals surface area contributed by atoms with Gasteiger partial charge in [0, 0.05) is 13.0 Å². The summed E-state index contributed by atoms with van der Waals surface area (Å²) in [6, 6.07) is 0. The minimum absolute atomic E-state index is 0.0136. The van der Waals surface area contributed by atoms with Gasteiger partial charge in [0.15, 0.2) is 0 Å². The minimum Gasteiger partial charge on any atom is -0.457 e. The zero-order chi connectivity index (χ0) is 38.2. The van der Waals surface area contributed by atoms with E-state index in [1.807, 2.05) is 6.08 Å². The first kappa shape index (κ1) is 49.6. The minimum atomic E-state index is -4.54. The molecule has 0 spiro atoms. The Morgan fingerprint density at radius 3 is 1.65 bits per heavy atom. The molecule has 0 aromatic heterocycles. The number of aliphatic hydroxyl groups excluding tert-OH is 2.